The number of anilines is 1. The number of carbonyl (C=O) groups excluding carboxylic acids is 3. The molecular formula is C20H18ClFN2O4. The van der Waals surface area contributed by atoms with Gasteiger partial charge in [-0.2, -0.15) is 0 Å². The number of rotatable bonds is 6. The van der Waals surface area contributed by atoms with E-state index in [-0.39, 0.29) is 31.1 Å². The maximum Gasteiger partial charge on any atom is 0.311 e. The maximum atomic E-state index is 13.9. The normalized spacial score (nSPS) is 16.1. The Bertz CT molecular complexity index is 905. The number of carbonyl (C=O) groups is 3. The second-order valence-corrected chi connectivity index (χ2v) is 6.74. The summed E-state index contributed by atoms with van der Waals surface area (Å²) in [5, 5.41) is 3.13. The molecule has 0 unspecified atom stereocenters. The van der Waals surface area contributed by atoms with Crippen LogP contribution < -0.4 is 10.2 Å². The first-order valence-electron chi connectivity index (χ1n) is 8.67. The zero-order valence-corrected chi connectivity index (χ0v) is 15.6. The van der Waals surface area contributed by atoms with Gasteiger partial charge in [0.05, 0.1) is 11.6 Å². The average molecular weight is 405 g/mol. The summed E-state index contributed by atoms with van der Waals surface area (Å²) in [5.41, 5.74) is 0.867. The zero-order valence-electron chi connectivity index (χ0n) is 14.9. The van der Waals surface area contributed by atoms with E-state index in [2.05, 4.69) is 5.32 Å². The van der Waals surface area contributed by atoms with E-state index in [1.54, 1.807) is 30.3 Å². The second kappa shape index (κ2) is 8.84. The lowest BCUT2D eigenvalue weighted by Gasteiger charge is -2.17. The topological polar surface area (TPSA) is 75.7 Å². The molecule has 1 aliphatic rings. The predicted molar refractivity (Wildman–Crippen MR) is 101 cm³/mol. The van der Waals surface area contributed by atoms with Gasteiger partial charge >= 0.3 is 5.97 Å². The van der Waals surface area contributed by atoms with Gasteiger partial charge in [-0.1, -0.05) is 41.9 Å². The van der Waals surface area contributed by atoms with Crippen LogP contribution in [0.1, 0.15) is 12.0 Å². The molecule has 2 aromatic carbocycles. The van der Waals surface area contributed by atoms with Crippen molar-refractivity contribution in [3.8, 4) is 0 Å². The van der Waals surface area contributed by atoms with Crippen LogP contribution in [0.5, 0.6) is 0 Å². The van der Waals surface area contributed by atoms with Crippen LogP contribution in [0.25, 0.3) is 0 Å². The van der Waals surface area contributed by atoms with Crippen molar-refractivity contribution in [2.75, 3.05) is 18.1 Å². The van der Waals surface area contributed by atoms with Crippen LogP contribution in [0, 0.1) is 11.7 Å². The van der Waals surface area contributed by atoms with Gasteiger partial charge in [0.15, 0.2) is 6.61 Å². The van der Waals surface area contributed by atoms with Crippen molar-refractivity contribution in [1.82, 2.24) is 5.32 Å². The summed E-state index contributed by atoms with van der Waals surface area (Å²) in [4.78, 5) is 37.4. The highest BCUT2D eigenvalue weighted by Crippen LogP contribution is 2.27. The number of nitrogens with one attached hydrogen (secondary N) is 1. The molecule has 8 heteroatoms. The standard InChI is InChI=1S/C20H18ClFN2O4/c21-15-6-2-1-5-13(15)10-23-18(25)12-28-20(27)14-9-19(26)24(11-14)17-8-4-3-7-16(17)22/h1-8,14H,9-12H2,(H,23,25)/t14-/m0/s1. The smallest absolute Gasteiger partial charge is 0.311 e. The average Bonchev–Trinajstić information content (AvgIpc) is 3.07. The van der Waals surface area contributed by atoms with Crippen LogP contribution in [0.4, 0.5) is 10.1 Å². The summed E-state index contributed by atoms with van der Waals surface area (Å²) >= 11 is 6.01. The number of hydrogen-bond acceptors (Lipinski definition) is 4. The van der Waals surface area contributed by atoms with Gasteiger partial charge in [-0.05, 0) is 23.8 Å². The van der Waals surface area contributed by atoms with Gasteiger partial charge in [-0.3, -0.25) is 14.4 Å². The molecule has 0 bridgehead atoms. The number of ether oxygens (including phenoxy) is 1. The van der Waals surface area contributed by atoms with E-state index in [1.165, 1.54) is 23.1 Å². The zero-order chi connectivity index (χ0) is 20.1. The summed E-state index contributed by atoms with van der Waals surface area (Å²) in [5.74, 6) is -2.80. The fourth-order valence-electron chi connectivity index (χ4n) is 2.91. The molecule has 1 fully saturated rings. The second-order valence-electron chi connectivity index (χ2n) is 6.33. The van der Waals surface area contributed by atoms with E-state index in [0.29, 0.717) is 5.02 Å². The minimum absolute atomic E-state index is 0.0137. The first-order valence-corrected chi connectivity index (χ1v) is 9.05. The number of amides is 2. The van der Waals surface area contributed by atoms with Gasteiger partial charge < -0.3 is 15.0 Å². The lowest BCUT2D eigenvalue weighted by atomic mass is 10.1. The molecule has 1 N–H and O–H groups in total. The van der Waals surface area contributed by atoms with Crippen LogP contribution in [0.15, 0.2) is 48.5 Å². The molecular weight excluding hydrogens is 387 g/mol. The van der Waals surface area contributed by atoms with E-state index in [0.717, 1.165) is 5.56 Å². The first-order chi connectivity index (χ1) is 13.5. The van der Waals surface area contributed by atoms with Crippen LogP contribution in [-0.2, 0) is 25.7 Å². The molecule has 1 heterocycles. The van der Waals surface area contributed by atoms with Gasteiger partial charge in [0.2, 0.25) is 5.91 Å². The van der Waals surface area contributed by atoms with E-state index < -0.39 is 30.2 Å². The number of halogens is 2. The van der Waals surface area contributed by atoms with Gasteiger partial charge in [-0.15, -0.1) is 0 Å². The Morgan fingerprint density at radius 1 is 1.18 bits per heavy atom. The number of nitrogens with zero attached hydrogens (tertiary/aromatic N) is 1. The summed E-state index contributed by atoms with van der Waals surface area (Å²) < 4.78 is 18.9. The van der Waals surface area contributed by atoms with Crippen molar-refractivity contribution in [3.05, 3.63) is 64.9 Å². The molecule has 2 aromatic rings. The molecule has 6 nitrogen and oxygen atoms in total. The van der Waals surface area contributed by atoms with E-state index in [9.17, 15) is 18.8 Å². The van der Waals surface area contributed by atoms with Gasteiger partial charge in [0.1, 0.15) is 5.82 Å². The fourth-order valence-corrected chi connectivity index (χ4v) is 3.11. The largest absolute Gasteiger partial charge is 0.455 e. The van der Waals surface area contributed by atoms with E-state index in [1.807, 2.05) is 0 Å². The highest BCUT2D eigenvalue weighted by atomic mass is 35.5. The molecule has 3 rings (SSSR count). The number of esters is 1. The Kier molecular flexibility index (Phi) is 6.26. The number of para-hydroxylation sites is 1. The van der Waals surface area contributed by atoms with Crippen molar-refractivity contribution in [3.63, 3.8) is 0 Å². The van der Waals surface area contributed by atoms with Crippen LogP contribution in [-0.4, -0.2) is 30.9 Å². The third-order valence-electron chi connectivity index (χ3n) is 4.38. The lowest BCUT2D eigenvalue weighted by Crippen LogP contribution is -2.31. The highest BCUT2D eigenvalue weighted by Gasteiger charge is 2.37. The predicted octanol–water partition coefficient (Wildman–Crippen LogP) is 2.69. The lowest BCUT2D eigenvalue weighted by molar-refractivity contribution is -0.152. The maximum absolute atomic E-state index is 13.9. The van der Waals surface area contributed by atoms with Crippen molar-refractivity contribution >= 4 is 35.1 Å². The third-order valence-corrected chi connectivity index (χ3v) is 4.75. The van der Waals surface area contributed by atoms with Gasteiger partial charge in [-0.25, -0.2) is 4.39 Å². The summed E-state index contributed by atoms with van der Waals surface area (Å²) in [6.45, 7) is -0.244. The molecule has 28 heavy (non-hydrogen) atoms. The van der Waals surface area contributed by atoms with E-state index >= 15 is 0 Å². The summed E-state index contributed by atoms with van der Waals surface area (Å²) in [6.07, 6.45) is -0.0889. The molecule has 0 aliphatic carbocycles. The molecule has 0 saturated carbocycles. The molecule has 0 spiro atoms. The molecule has 0 radical (unpaired) electrons. The Labute approximate surface area is 166 Å². The Hall–Kier alpha value is -2.93. The third kappa shape index (κ3) is 4.67. The number of hydrogen-bond donors (Lipinski definition) is 1. The Balaban J connectivity index is 1.49. The van der Waals surface area contributed by atoms with Crippen molar-refractivity contribution in [1.29, 1.82) is 0 Å². The van der Waals surface area contributed by atoms with Gasteiger partial charge in [0.25, 0.3) is 5.91 Å². The molecule has 1 saturated heterocycles. The summed E-state index contributed by atoms with van der Waals surface area (Å²) in [7, 11) is 0. The fraction of sp³-hybridized carbons (Fsp3) is 0.250. The van der Waals surface area contributed by atoms with Crippen LogP contribution in [0.3, 0.4) is 0 Å². The van der Waals surface area contributed by atoms with Crippen molar-refractivity contribution < 1.29 is 23.5 Å². The molecule has 0 aromatic heterocycles. The Morgan fingerprint density at radius 3 is 2.64 bits per heavy atom. The van der Waals surface area contributed by atoms with Gasteiger partial charge in [0, 0.05) is 24.5 Å². The minimum Gasteiger partial charge on any atom is -0.455 e. The molecule has 146 valence electrons. The monoisotopic (exact) mass is 404 g/mol. The Morgan fingerprint density at radius 2 is 1.89 bits per heavy atom. The van der Waals surface area contributed by atoms with Crippen LogP contribution >= 0.6 is 11.6 Å². The number of benzene rings is 2. The quantitative estimate of drug-likeness (QED) is 0.751. The molecule has 2 amide bonds. The van der Waals surface area contributed by atoms with Crippen molar-refractivity contribution in [2.24, 2.45) is 5.92 Å². The summed E-state index contributed by atoms with van der Waals surface area (Å²) in [6, 6.07) is 12.9. The van der Waals surface area contributed by atoms with E-state index in [4.69, 9.17) is 16.3 Å². The SMILES string of the molecule is O=C(COC(=O)[C@H]1CC(=O)N(c2ccccc2F)C1)NCc1ccccc1Cl. The molecule has 1 atom stereocenters. The minimum atomic E-state index is -0.747. The highest BCUT2D eigenvalue weighted by molar-refractivity contribution is 6.31. The van der Waals surface area contributed by atoms with Crippen LogP contribution in [0.2, 0.25) is 5.02 Å². The first kappa shape index (κ1) is 19.8. The van der Waals surface area contributed by atoms with Crippen molar-refractivity contribution in [2.45, 2.75) is 13.0 Å². The molecule has 1 aliphatic heterocycles.